The molecule has 11 heteroatoms. The van der Waals surface area contributed by atoms with Crippen molar-refractivity contribution in [1.82, 2.24) is 20.6 Å². The maximum atomic E-state index is 14.5. The molecular formula is C26H31ClFN5O4. The van der Waals surface area contributed by atoms with Crippen LogP contribution in [0.25, 0.3) is 10.9 Å². The molecule has 0 saturated heterocycles. The number of carbonyl (C=O) groups excluding carboxylic acids is 1. The second-order valence-electron chi connectivity index (χ2n) is 8.89. The molecule has 3 N–H and O–H groups in total. The van der Waals surface area contributed by atoms with Crippen molar-refractivity contribution in [3.8, 4) is 11.5 Å². The molecule has 0 spiro atoms. The number of esters is 1. The van der Waals surface area contributed by atoms with Crippen molar-refractivity contribution >= 4 is 40.0 Å². The number of ether oxygens (including phenoxy) is 3. The maximum Gasteiger partial charge on any atom is 0.326 e. The number of methoxy groups -OCH3 is 2. The highest BCUT2D eigenvalue weighted by molar-refractivity contribution is 6.31. The van der Waals surface area contributed by atoms with E-state index >= 15 is 0 Å². The first-order valence-corrected chi connectivity index (χ1v) is 12.5. The fraction of sp³-hybridized carbons (Fsp3) is 0.423. The Hall–Kier alpha value is -3.21. The van der Waals surface area contributed by atoms with Crippen LogP contribution in [-0.4, -0.2) is 61.9 Å². The van der Waals surface area contributed by atoms with Gasteiger partial charge in [-0.1, -0.05) is 17.7 Å². The minimum Gasteiger partial charge on any atom is -0.493 e. The van der Waals surface area contributed by atoms with Crippen LogP contribution in [0.15, 0.2) is 36.7 Å². The van der Waals surface area contributed by atoms with E-state index < -0.39 is 11.4 Å². The highest BCUT2D eigenvalue weighted by Crippen LogP contribution is 2.38. The summed E-state index contributed by atoms with van der Waals surface area (Å²) in [6, 6.07) is 8.25. The van der Waals surface area contributed by atoms with Crippen LogP contribution in [0.5, 0.6) is 11.5 Å². The van der Waals surface area contributed by atoms with Crippen LogP contribution < -0.4 is 25.4 Å². The summed E-state index contributed by atoms with van der Waals surface area (Å²) < 4.78 is 31.6. The third kappa shape index (κ3) is 5.87. The first-order chi connectivity index (χ1) is 17.9. The molecule has 1 aliphatic carbocycles. The van der Waals surface area contributed by atoms with E-state index in [-0.39, 0.29) is 22.8 Å². The van der Waals surface area contributed by atoms with Crippen LogP contribution in [-0.2, 0) is 9.53 Å². The summed E-state index contributed by atoms with van der Waals surface area (Å²) in [7, 11) is 4.84. The number of nitrogens with one attached hydrogen (secondary N) is 3. The van der Waals surface area contributed by atoms with E-state index in [2.05, 4.69) is 25.9 Å². The molecule has 9 nitrogen and oxygen atoms in total. The minimum atomic E-state index is -0.731. The number of halogens is 2. The van der Waals surface area contributed by atoms with Crippen molar-refractivity contribution in [3.05, 3.63) is 47.5 Å². The van der Waals surface area contributed by atoms with Crippen molar-refractivity contribution in [1.29, 1.82) is 0 Å². The molecule has 0 aliphatic heterocycles. The Morgan fingerprint density at radius 1 is 1.16 bits per heavy atom. The third-order valence-electron chi connectivity index (χ3n) is 6.62. The molecule has 1 aromatic heterocycles. The molecule has 0 bridgehead atoms. The first-order valence-electron chi connectivity index (χ1n) is 12.1. The van der Waals surface area contributed by atoms with E-state index in [1.807, 2.05) is 7.05 Å². The Balaban J connectivity index is 1.56. The Labute approximate surface area is 220 Å². The Kier molecular flexibility index (Phi) is 8.63. The fourth-order valence-electron chi connectivity index (χ4n) is 4.60. The summed E-state index contributed by atoms with van der Waals surface area (Å²) in [5.74, 6) is 0.605. The third-order valence-corrected chi connectivity index (χ3v) is 6.91. The van der Waals surface area contributed by atoms with E-state index in [1.165, 1.54) is 19.5 Å². The van der Waals surface area contributed by atoms with Gasteiger partial charge in [0.05, 0.1) is 36.6 Å². The minimum absolute atomic E-state index is 0.00910. The van der Waals surface area contributed by atoms with Gasteiger partial charge in [-0.25, -0.2) is 14.4 Å². The summed E-state index contributed by atoms with van der Waals surface area (Å²) in [4.78, 5) is 21.2. The monoisotopic (exact) mass is 531 g/mol. The lowest BCUT2D eigenvalue weighted by Crippen LogP contribution is -2.56. The summed E-state index contributed by atoms with van der Waals surface area (Å²) in [5, 5.41) is 10.1. The van der Waals surface area contributed by atoms with Gasteiger partial charge in [0, 0.05) is 24.5 Å². The van der Waals surface area contributed by atoms with E-state index in [1.54, 1.807) is 31.4 Å². The van der Waals surface area contributed by atoms with Gasteiger partial charge in [0.15, 0.2) is 17.3 Å². The van der Waals surface area contributed by atoms with Crippen LogP contribution in [0, 0.1) is 5.82 Å². The number of anilines is 2. The fourth-order valence-corrected chi connectivity index (χ4v) is 4.77. The SMILES string of the molecule is CNCCN[C@]1(C(=O)OC)CC[C@H](Oc2cc3c(Nc4cccc(Cl)c4F)ncnc3cc2OC)CC1. The molecule has 0 amide bonds. The largest absolute Gasteiger partial charge is 0.493 e. The predicted octanol–water partition coefficient (Wildman–Crippen LogP) is 4.22. The second-order valence-corrected chi connectivity index (χ2v) is 9.30. The number of carbonyl (C=O) groups is 1. The molecule has 1 heterocycles. The smallest absolute Gasteiger partial charge is 0.326 e. The zero-order valence-electron chi connectivity index (χ0n) is 21.1. The normalized spacial score (nSPS) is 19.4. The zero-order chi connectivity index (χ0) is 26.4. The molecule has 37 heavy (non-hydrogen) atoms. The molecular weight excluding hydrogens is 501 g/mol. The van der Waals surface area contributed by atoms with Gasteiger partial charge < -0.3 is 30.2 Å². The van der Waals surface area contributed by atoms with Crippen molar-refractivity contribution in [3.63, 3.8) is 0 Å². The van der Waals surface area contributed by atoms with Crippen LogP contribution >= 0.6 is 11.6 Å². The number of hydrogen-bond donors (Lipinski definition) is 3. The van der Waals surface area contributed by atoms with Crippen molar-refractivity contribution in [2.75, 3.05) is 39.7 Å². The molecule has 0 unspecified atom stereocenters. The average Bonchev–Trinajstić information content (AvgIpc) is 2.92. The van der Waals surface area contributed by atoms with Gasteiger partial charge in [-0.3, -0.25) is 4.79 Å². The number of aromatic nitrogens is 2. The predicted molar refractivity (Wildman–Crippen MR) is 140 cm³/mol. The molecule has 1 fully saturated rings. The van der Waals surface area contributed by atoms with Crippen LogP contribution in [0.2, 0.25) is 5.02 Å². The molecule has 198 valence electrons. The summed E-state index contributed by atoms with van der Waals surface area (Å²) in [5.41, 5.74) is 0.0689. The van der Waals surface area contributed by atoms with Gasteiger partial charge in [-0.2, -0.15) is 0 Å². The van der Waals surface area contributed by atoms with E-state index in [4.69, 9.17) is 25.8 Å². The second kappa shape index (κ2) is 11.9. The lowest BCUT2D eigenvalue weighted by molar-refractivity contribution is -0.151. The summed E-state index contributed by atoms with van der Waals surface area (Å²) in [6.45, 7) is 1.39. The number of rotatable bonds is 10. The van der Waals surface area contributed by atoms with Gasteiger partial charge in [0.2, 0.25) is 0 Å². The molecule has 0 radical (unpaired) electrons. The highest BCUT2D eigenvalue weighted by Gasteiger charge is 2.43. The quantitative estimate of drug-likeness (QED) is 0.262. The van der Waals surface area contributed by atoms with Gasteiger partial charge in [-0.05, 0) is 50.9 Å². The molecule has 4 rings (SSSR count). The summed E-state index contributed by atoms with van der Waals surface area (Å²) in [6.07, 6.45) is 3.70. The lowest BCUT2D eigenvalue weighted by Gasteiger charge is -2.38. The Morgan fingerprint density at radius 2 is 1.95 bits per heavy atom. The first kappa shape index (κ1) is 26.8. The zero-order valence-corrected chi connectivity index (χ0v) is 21.8. The van der Waals surface area contributed by atoms with E-state index in [9.17, 15) is 9.18 Å². The van der Waals surface area contributed by atoms with Crippen LogP contribution in [0.3, 0.4) is 0 Å². The number of nitrogens with zero attached hydrogens (tertiary/aromatic N) is 2. The molecule has 0 atom stereocenters. The van der Waals surface area contributed by atoms with Gasteiger partial charge in [0.25, 0.3) is 0 Å². The lowest BCUT2D eigenvalue weighted by atomic mass is 9.80. The number of benzene rings is 2. The highest BCUT2D eigenvalue weighted by atomic mass is 35.5. The number of likely N-dealkylation sites (N-methyl/N-ethyl adjacent to an activating group) is 1. The van der Waals surface area contributed by atoms with Gasteiger partial charge in [0.1, 0.15) is 17.7 Å². The van der Waals surface area contributed by atoms with Crippen LogP contribution in [0.1, 0.15) is 25.7 Å². The molecule has 3 aromatic rings. The van der Waals surface area contributed by atoms with Crippen molar-refractivity contribution in [2.45, 2.75) is 37.3 Å². The topological polar surface area (TPSA) is 107 Å². The number of fused-ring (bicyclic) bond motifs is 1. The average molecular weight is 532 g/mol. The van der Waals surface area contributed by atoms with E-state index in [0.717, 1.165) is 6.54 Å². The Bertz CT molecular complexity index is 1250. The van der Waals surface area contributed by atoms with Crippen molar-refractivity contribution in [2.24, 2.45) is 0 Å². The molecule has 1 aliphatic rings. The molecule has 1 saturated carbocycles. The van der Waals surface area contributed by atoms with E-state index in [0.29, 0.717) is 60.4 Å². The van der Waals surface area contributed by atoms with Gasteiger partial charge in [-0.15, -0.1) is 0 Å². The standard InChI is InChI=1S/C26H31ClFN5O4/c1-29-11-12-32-26(25(34)36-3)9-7-16(8-10-26)37-22-13-17-20(14-21(22)35-2)30-15-31-24(17)33-19-6-4-5-18(27)23(19)28/h4-6,13-16,29,32H,7-12H2,1-3H3,(H,30,31,33)/t16-,26+. The Morgan fingerprint density at radius 3 is 2.65 bits per heavy atom. The number of hydrogen-bond acceptors (Lipinski definition) is 9. The maximum absolute atomic E-state index is 14.5. The van der Waals surface area contributed by atoms with Crippen LogP contribution in [0.4, 0.5) is 15.9 Å². The van der Waals surface area contributed by atoms with Gasteiger partial charge >= 0.3 is 5.97 Å². The molecule has 2 aromatic carbocycles. The summed E-state index contributed by atoms with van der Waals surface area (Å²) >= 11 is 5.94. The van der Waals surface area contributed by atoms with Crippen molar-refractivity contribution < 1.29 is 23.4 Å².